The van der Waals surface area contributed by atoms with E-state index in [-0.39, 0.29) is 5.82 Å². The van der Waals surface area contributed by atoms with Crippen molar-refractivity contribution in [2.75, 3.05) is 0 Å². The predicted molar refractivity (Wildman–Crippen MR) is 82.4 cm³/mol. The van der Waals surface area contributed by atoms with Gasteiger partial charge in [-0.3, -0.25) is 0 Å². The van der Waals surface area contributed by atoms with Crippen LogP contribution >= 0.6 is 0 Å². The third-order valence-corrected chi connectivity index (χ3v) is 3.86. The Bertz CT molecular complexity index is 775. The smallest absolute Gasteiger partial charge is 0.134 e. The number of hydrogen-bond donors (Lipinski definition) is 1. The number of halogens is 1. The molecule has 3 rings (SSSR count). The van der Waals surface area contributed by atoms with Gasteiger partial charge in [0.1, 0.15) is 11.6 Å². The fourth-order valence-corrected chi connectivity index (χ4v) is 2.73. The van der Waals surface area contributed by atoms with Crippen molar-refractivity contribution < 1.29 is 4.39 Å². The second-order valence-electron chi connectivity index (χ2n) is 5.38. The Morgan fingerprint density at radius 2 is 1.90 bits per heavy atom. The van der Waals surface area contributed by atoms with E-state index in [4.69, 9.17) is 5.73 Å². The first-order valence-electron chi connectivity index (χ1n) is 7.04. The fourth-order valence-electron chi connectivity index (χ4n) is 2.73. The van der Waals surface area contributed by atoms with E-state index >= 15 is 0 Å². The summed E-state index contributed by atoms with van der Waals surface area (Å²) < 4.78 is 15.5. The minimum Gasteiger partial charge on any atom is -0.326 e. The van der Waals surface area contributed by atoms with Crippen LogP contribution in [0.2, 0.25) is 0 Å². The van der Waals surface area contributed by atoms with E-state index in [1.165, 1.54) is 12.1 Å². The lowest BCUT2D eigenvalue weighted by Gasteiger charge is -2.25. The zero-order chi connectivity index (χ0) is 15.0. The quantitative estimate of drug-likeness (QED) is 0.800. The highest BCUT2D eigenvalue weighted by Crippen LogP contribution is 2.29. The highest BCUT2D eigenvalue weighted by atomic mass is 19.1. The first-order chi connectivity index (χ1) is 10.0. The lowest BCUT2D eigenvalue weighted by atomic mass is 9.92. The molecule has 1 aromatic heterocycles. The molecule has 0 saturated carbocycles. The van der Waals surface area contributed by atoms with Crippen LogP contribution < -0.4 is 5.73 Å². The van der Waals surface area contributed by atoms with Gasteiger partial charge < -0.3 is 10.3 Å². The standard InChI is InChI=1S/C17H18FN3/c1-3-21-15-10-9-13(18)11-14(15)20-16(21)17(2,19)12-7-5-4-6-8-12/h4-11H,3,19H2,1-2H3. The van der Waals surface area contributed by atoms with Crippen LogP contribution in [-0.2, 0) is 12.1 Å². The first kappa shape index (κ1) is 13.8. The number of hydrogen-bond acceptors (Lipinski definition) is 2. The van der Waals surface area contributed by atoms with Crippen LogP contribution in [0.15, 0.2) is 48.5 Å². The van der Waals surface area contributed by atoms with Crippen LogP contribution in [-0.4, -0.2) is 9.55 Å². The van der Waals surface area contributed by atoms with Crippen LogP contribution in [0, 0.1) is 5.82 Å². The van der Waals surface area contributed by atoms with E-state index in [1.807, 2.05) is 48.7 Å². The van der Waals surface area contributed by atoms with Crippen LogP contribution in [0.4, 0.5) is 4.39 Å². The normalized spacial score (nSPS) is 14.3. The topological polar surface area (TPSA) is 43.8 Å². The summed E-state index contributed by atoms with van der Waals surface area (Å²) >= 11 is 0. The monoisotopic (exact) mass is 283 g/mol. The summed E-state index contributed by atoms with van der Waals surface area (Å²) in [5, 5.41) is 0. The molecule has 0 amide bonds. The van der Waals surface area contributed by atoms with Gasteiger partial charge in [0.15, 0.2) is 0 Å². The average Bonchev–Trinajstić information content (AvgIpc) is 2.86. The molecule has 3 aromatic rings. The zero-order valence-corrected chi connectivity index (χ0v) is 12.2. The fraction of sp³-hybridized carbons (Fsp3) is 0.235. The molecule has 1 heterocycles. The van der Waals surface area contributed by atoms with Crippen molar-refractivity contribution in [3.63, 3.8) is 0 Å². The maximum absolute atomic E-state index is 13.4. The SMILES string of the molecule is CCn1c(C(C)(N)c2ccccc2)nc2cc(F)ccc21. The number of fused-ring (bicyclic) bond motifs is 1. The van der Waals surface area contributed by atoms with Gasteiger partial charge in [0.05, 0.1) is 16.6 Å². The van der Waals surface area contributed by atoms with Gasteiger partial charge in [-0.25, -0.2) is 9.37 Å². The third kappa shape index (κ3) is 2.21. The van der Waals surface area contributed by atoms with Crippen LogP contribution in [0.3, 0.4) is 0 Å². The average molecular weight is 283 g/mol. The molecule has 0 aliphatic rings. The number of nitrogens with two attached hydrogens (primary N) is 1. The van der Waals surface area contributed by atoms with Crippen molar-refractivity contribution in [2.45, 2.75) is 25.9 Å². The van der Waals surface area contributed by atoms with Crippen LogP contribution in [0.1, 0.15) is 25.2 Å². The molecule has 0 aliphatic carbocycles. The molecule has 4 heteroatoms. The number of aromatic nitrogens is 2. The second kappa shape index (κ2) is 4.97. The number of nitrogens with zero attached hydrogens (tertiary/aromatic N) is 2. The summed E-state index contributed by atoms with van der Waals surface area (Å²) in [6.07, 6.45) is 0. The number of aryl methyl sites for hydroxylation is 1. The summed E-state index contributed by atoms with van der Waals surface area (Å²) in [5.41, 5.74) is 8.36. The largest absolute Gasteiger partial charge is 0.326 e. The summed E-state index contributed by atoms with van der Waals surface area (Å²) in [6, 6.07) is 14.5. The molecule has 0 fully saturated rings. The summed E-state index contributed by atoms with van der Waals surface area (Å²) in [5.74, 6) is 0.463. The van der Waals surface area contributed by atoms with Crippen molar-refractivity contribution in [3.8, 4) is 0 Å². The Labute approximate surface area is 123 Å². The number of benzene rings is 2. The van der Waals surface area contributed by atoms with Gasteiger partial charge >= 0.3 is 0 Å². The highest BCUT2D eigenvalue weighted by Gasteiger charge is 2.29. The molecule has 21 heavy (non-hydrogen) atoms. The van der Waals surface area contributed by atoms with Gasteiger partial charge in [-0.15, -0.1) is 0 Å². The van der Waals surface area contributed by atoms with E-state index in [0.717, 1.165) is 23.4 Å². The van der Waals surface area contributed by atoms with Crippen molar-refractivity contribution >= 4 is 11.0 Å². The van der Waals surface area contributed by atoms with Crippen molar-refractivity contribution in [1.82, 2.24) is 9.55 Å². The van der Waals surface area contributed by atoms with Gasteiger partial charge in [-0.1, -0.05) is 30.3 Å². The number of rotatable bonds is 3. The molecule has 0 saturated heterocycles. The summed E-state index contributed by atoms with van der Waals surface area (Å²) in [7, 11) is 0. The highest BCUT2D eigenvalue weighted by molar-refractivity contribution is 5.76. The molecule has 3 nitrogen and oxygen atoms in total. The second-order valence-corrected chi connectivity index (χ2v) is 5.38. The van der Waals surface area contributed by atoms with Gasteiger partial charge in [-0.2, -0.15) is 0 Å². The van der Waals surface area contributed by atoms with Crippen LogP contribution in [0.25, 0.3) is 11.0 Å². The van der Waals surface area contributed by atoms with Gasteiger partial charge in [0.25, 0.3) is 0 Å². The molecule has 1 unspecified atom stereocenters. The Hall–Kier alpha value is -2.20. The molecule has 2 N–H and O–H groups in total. The maximum Gasteiger partial charge on any atom is 0.134 e. The van der Waals surface area contributed by atoms with Crippen molar-refractivity contribution in [1.29, 1.82) is 0 Å². The van der Waals surface area contributed by atoms with Gasteiger partial charge in [0.2, 0.25) is 0 Å². The number of imidazole rings is 1. The van der Waals surface area contributed by atoms with E-state index in [1.54, 1.807) is 6.07 Å². The Morgan fingerprint density at radius 1 is 1.19 bits per heavy atom. The predicted octanol–water partition coefficient (Wildman–Crippen LogP) is 3.42. The summed E-state index contributed by atoms with van der Waals surface area (Å²) in [4.78, 5) is 4.59. The Balaban J connectivity index is 2.24. The molecule has 0 bridgehead atoms. The van der Waals surface area contributed by atoms with Crippen molar-refractivity contribution in [2.24, 2.45) is 5.73 Å². The third-order valence-electron chi connectivity index (χ3n) is 3.86. The summed E-state index contributed by atoms with van der Waals surface area (Å²) in [6.45, 7) is 4.71. The molecular weight excluding hydrogens is 265 g/mol. The van der Waals surface area contributed by atoms with Gasteiger partial charge in [0, 0.05) is 12.6 Å². The van der Waals surface area contributed by atoms with E-state index in [0.29, 0.717) is 5.52 Å². The minimum atomic E-state index is -0.729. The van der Waals surface area contributed by atoms with Crippen molar-refractivity contribution in [3.05, 3.63) is 65.7 Å². The molecule has 1 atom stereocenters. The maximum atomic E-state index is 13.4. The Morgan fingerprint density at radius 3 is 2.57 bits per heavy atom. The molecule has 108 valence electrons. The van der Waals surface area contributed by atoms with Gasteiger partial charge in [-0.05, 0) is 31.5 Å². The zero-order valence-electron chi connectivity index (χ0n) is 12.2. The lowest BCUT2D eigenvalue weighted by Crippen LogP contribution is -2.37. The lowest BCUT2D eigenvalue weighted by molar-refractivity contribution is 0.522. The molecule has 0 spiro atoms. The minimum absolute atomic E-state index is 0.284. The Kier molecular flexibility index (Phi) is 3.26. The molecular formula is C17H18FN3. The molecule has 2 aromatic carbocycles. The molecule has 0 radical (unpaired) electrons. The van der Waals surface area contributed by atoms with Crippen LogP contribution in [0.5, 0.6) is 0 Å². The molecule has 0 aliphatic heterocycles. The van der Waals surface area contributed by atoms with E-state index in [9.17, 15) is 4.39 Å². The van der Waals surface area contributed by atoms with E-state index in [2.05, 4.69) is 4.98 Å². The van der Waals surface area contributed by atoms with E-state index < -0.39 is 5.54 Å². The first-order valence-corrected chi connectivity index (χ1v) is 7.04.